The second-order valence-corrected chi connectivity index (χ2v) is 27.4. The second kappa shape index (κ2) is 36.5. The molecule has 99 heavy (non-hydrogen) atoms. The van der Waals surface area contributed by atoms with E-state index in [2.05, 4.69) is 35.7 Å². The molecule has 27 nitrogen and oxygen atoms in total. The maximum atomic E-state index is 12.4. The van der Waals surface area contributed by atoms with E-state index in [4.69, 9.17) is 58.4 Å². The predicted molar refractivity (Wildman–Crippen MR) is 381 cm³/mol. The highest BCUT2D eigenvalue weighted by atomic mass is 32.2. The van der Waals surface area contributed by atoms with E-state index in [0.29, 0.717) is 61.9 Å². The third-order valence-corrected chi connectivity index (χ3v) is 18.7. The Morgan fingerprint density at radius 2 is 0.818 bits per heavy atom. The van der Waals surface area contributed by atoms with Crippen LogP contribution in [0.5, 0.6) is 0 Å². The summed E-state index contributed by atoms with van der Waals surface area (Å²) in [4.78, 5) is 78.7. The smallest absolute Gasteiger partial charge is 0.425 e. The number of benzene rings is 6. The van der Waals surface area contributed by atoms with Gasteiger partial charge < -0.3 is 45.8 Å². The zero-order valence-corrected chi connectivity index (χ0v) is 57.9. The summed E-state index contributed by atoms with van der Waals surface area (Å²) in [5.74, 6) is -2.05. The lowest BCUT2D eigenvalue weighted by atomic mass is 10.2. The van der Waals surface area contributed by atoms with Crippen molar-refractivity contribution in [2.45, 2.75) is 108 Å². The van der Waals surface area contributed by atoms with Crippen LogP contribution < -0.4 is 34.1 Å². The number of carboxylic acids is 3. The highest BCUT2D eigenvalue weighted by Gasteiger charge is 2.24. The van der Waals surface area contributed by atoms with Gasteiger partial charge in [-0.15, -0.1) is 46.6 Å². The summed E-state index contributed by atoms with van der Waals surface area (Å²) in [6, 6.07) is 37.9. The van der Waals surface area contributed by atoms with Crippen molar-refractivity contribution < 1.29 is 81.5 Å². The largest absolute Gasteiger partial charge is 0.481 e. The van der Waals surface area contributed by atoms with Crippen LogP contribution in [0.25, 0.3) is 95.3 Å². The van der Waals surface area contributed by atoms with Crippen LogP contribution in [-0.2, 0) is 45.2 Å². The molecule has 0 bridgehead atoms. The Bertz CT molecular complexity index is 5180. The SMILES string of the molecule is CCCCCC(=O)O.CCCCCC(=O)O.CCCCCC(=O)O.Nc1cc2oc(=O)c(-c3nc4ccccc4s3)cc2cc1S(=O)(=O)O.Nc1ccc2cc(-c3nc4ccccc4s3)c(=O)oc2c1.Nc1ccc2cc(-c3nc4ccccc4s3)c(=O)oc2c1S(=O)(=O)O.O=S(=O)=O. The Balaban J connectivity index is 0.000000197. The van der Waals surface area contributed by atoms with E-state index in [1.807, 2.05) is 78.9 Å². The molecule has 6 aromatic heterocycles. The van der Waals surface area contributed by atoms with E-state index in [1.54, 1.807) is 18.2 Å². The van der Waals surface area contributed by atoms with E-state index < -0.39 is 75.4 Å². The zero-order valence-electron chi connectivity index (χ0n) is 53.0. The Kier molecular flexibility index (Phi) is 28.7. The third-order valence-electron chi connectivity index (χ3n) is 13.6. The van der Waals surface area contributed by atoms with Crippen LogP contribution in [0.4, 0.5) is 17.1 Å². The highest BCUT2D eigenvalue weighted by molar-refractivity contribution is 7.86. The molecule has 0 aliphatic carbocycles. The number of nitrogens with two attached hydrogens (primary N) is 3. The van der Waals surface area contributed by atoms with Gasteiger partial charge in [-0.3, -0.25) is 23.5 Å². The minimum absolute atomic E-state index is 0.125. The van der Waals surface area contributed by atoms with Crippen molar-refractivity contribution >= 4 is 163 Å². The highest BCUT2D eigenvalue weighted by Crippen LogP contribution is 2.35. The quantitative estimate of drug-likeness (QED) is 0.0182. The van der Waals surface area contributed by atoms with Crippen molar-refractivity contribution in [3.8, 4) is 31.7 Å². The van der Waals surface area contributed by atoms with Crippen LogP contribution in [0.3, 0.4) is 0 Å². The van der Waals surface area contributed by atoms with Crippen LogP contribution in [0.1, 0.15) is 97.8 Å². The molecule has 522 valence electrons. The molecule has 0 unspecified atom stereocenters. The first kappa shape index (κ1) is 77.9. The first-order valence-corrected chi connectivity index (χ1v) is 36.3. The Morgan fingerprint density at radius 3 is 1.19 bits per heavy atom. The zero-order chi connectivity index (χ0) is 72.7. The lowest BCUT2D eigenvalue weighted by Gasteiger charge is -2.06. The maximum Gasteiger partial charge on any atom is 0.425 e. The summed E-state index contributed by atoms with van der Waals surface area (Å²) < 4.78 is 109. The molecule has 6 heterocycles. The molecule has 0 spiro atoms. The molecular weight excluding hydrogens is 1410 g/mol. The van der Waals surface area contributed by atoms with Crippen LogP contribution in [0.2, 0.25) is 0 Å². The van der Waals surface area contributed by atoms with Crippen molar-refractivity contribution in [3.05, 3.63) is 165 Å². The number of nitrogens with zero attached hydrogens (tertiary/aromatic N) is 3. The van der Waals surface area contributed by atoms with Gasteiger partial charge in [0.1, 0.15) is 31.1 Å². The molecule has 0 saturated heterocycles. The maximum absolute atomic E-state index is 12.4. The predicted octanol–water partition coefficient (Wildman–Crippen LogP) is 13.4. The molecule has 0 fully saturated rings. The minimum atomic E-state index is -4.65. The molecule has 0 aliphatic heterocycles. The Labute approximate surface area is 577 Å². The first-order chi connectivity index (χ1) is 46.9. The molecular formula is C66H66N6O21S6. The molecule has 6 aromatic carbocycles. The van der Waals surface area contributed by atoms with Crippen molar-refractivity contribution in [3.63, 3.8) is 0 Å². The van der Waals surface area contributed by atoms with Crippen LogP contribution in [0, 0.1) is 0 Å². The average molecular weight is 1470 g/mol. The fourth-order valence-electron chi connectivity index (χ4n) is 8.94. The van der Waals surface area contributed by atoms with Gasteiger partial charge in [-0.2, -0.15) is 16.8 Å². The minimum Gasteiger partial charge on any atom is -0.481 e. The number of hydrogen-bond donors (Lipinski definition) is 8. The number of unbranched alkanes of at least 4 members (excludes halogenated alkanes) is 6. The molecule has 0 aliphatic rings. The van der Waals surface area contributed by atoms with Gasteiger partial charge in [0.2, 0.25) is 0 Å². The number of fused-ring (bicyclic) bond motifs is 6. The van der Waals surface area contributed by atoms with E-state index >= 15 is 0 Å². The summed E-state index contributed by atoms with van der Waals surface area (Å²) in [5.41, 5.74) is 18.9. The van der Waals surface area contributed by atoms with Gasteiger partial charge in [0.25, 0.3) is 20.2 Å². The van der Waals surface area contributed by atoms with Gasteiger partial charge in [0.15, 0.2) is 10.5 Å². The van der Waals surface area contributed by atoms with E-state index in [1.165, 1.54) is 70.4 Å². The van der Waals surface area contributed by atoms with Crippen molar-refractivity contribution in [2.75, 3.05) is 17.2 Å². The van der Waals surface area contributed by atoms with Gasteiger partial charge in [-0.05, 0) is 104 Å². The number of nitrogen functional groups attached to an aromatic ring is 3. The Hall–Kier alpha value is -10.1. The van der Waals surface area contributed by atoms with Gasteiger partial charge in [0.05, 0.1) is 58.7 Å². The summed E-state index contributed by atoms with van der Waals surface area (Å²) >= 11 is 4.13. The van der Waals surface area contributed by atoms with Gasteiger partial charge in [-0.25, -0.2) is 29.3 Å². The number of aromatic nitrogens is 3. The molecule has 12 rings (SSSR count). The summed E-state index contributed by atoms with van der Waals surface area (Å²) in [5, 5.41) is 27.5. The molecule has 33 heteroatoms. The molecule has 0 radical (unpaired) electrons. The van der Waals surface area contributed by atoms with E-state index in [0.717, 1.165) is 93.8 Å². The molecule has 0 amide bonds. The first-order valence-electron chi connectivity index (χ1n) is 29.9. The summed E-state index contributed by atoms with van der Waals surface area (Å²) in [6.07, 6.45) is 9.83. The molecule has 0 saturated carbocycles. The number of thiazole rings is 3. The molecule has 0 atom stereocenters. The summed E-state index contributed by atoms with van der Waals surface area (Å²) in [6.45, 7) is 6.17. The topological polar surface area (TPSA) is 479 Å². The van der Waals surface area contributed by atoms with Crippen molar-refractivity contribution in [1.82, 2.24) is 15.0 Å². The monoisotopic (exact) mass is 1470 g/mol. The second-order valence-electron chi connectivity index (χ2n) is 21.1. The molecule has 11 N–H and O–H groups in total. The van der Waals surface area contributed by atoms with Gasteiger partial charge in [-0.1, -0.05) is 95.7 Å². The van der Waals surface area contributed by atoms with Crippen LogP contribution in [0.15, 0.2) is 171 Å². The average Bonchev–Trinajstić information content (AvgIpc) is 1.64. The van der Waals surface area contributed by atoms with Crippen LogP contribution >= 0.6 is 34.0 Å². The number of aliphatic carboxylic acids is 3. The summed E-state index contributed by atoms with van der Waals surface area (Å²) in [7, 11) is -12.2. The number of carboxylic acid groups (broad SMARTS) is 3. The number of hydrogen-bond acceptors (Lipinski definition) is 25. The van der Waals surface area contributed by atoms with Crippen molar-refractivity contribution in [1.29, 1.82) is 0 Å². The lowest BCUT2D eigenvalue weighted by molar-refractivity contribution is -0.138. The third kappa shape index (κ3) is 23.0. The molecule has 12 aromatic rings. The number of carbonyl (C=O) groups is 3. The van der Waals surface area contributed by atoms with E-state index in [9.17, 15) is 54.7 Å². The van der Waals surface area contributed by atoms with Crippen molar-refractivity contribution in [2.24, 2.45) is 0 Å². The fourth-order valence-corrected chi connectivity index (χ4v) is 13.2. The van der Waals surface area contributed by atoms with Gasteiger partial charge >= 0.3 is 45.4 Å². The number of anilines is 3. The fraction of sp³-hybridized carbons (Fsp3) is 0.227. The standard InChI is InChI=1S/2C16H10N2O5S2.C16H10N2O2S.3C6H12O2.O3S/c17-10-7-12-8(6-14(10)25(20,21)22)5-9(16(19)23-12)15-18-11-3-1-2-4-13(11)24-15;17-10-6-5-8-7-9(15-18-11-3-1-2-4-12(11)24-15)16(19)23-13(8)14(10)25(20,21)22;17-10-6-5-9-7-11(16(19)20-13(9)8-10)15-18-12-3-1-2-4-14(12)21-15;3*1-2-3-4-5-6(7)8;1-4(2)3/h2*1-7H,17H2,(H,20,21,22);1-8H,17H2;3*2-5H2,1H3,(H,7,8);. The number of rotatable bonds is 17. The number of para-hydroxylation sites is 3. The lowest BCUT2D eigenvalue weighted by Crippen LogP contribution is -2.08. The van der Waals surface area contributed by atoms with Gasteiger partial charge in [0, 0.05) is 53.2 Å². The van der Waals surface area contributed by atoms with Crippen LogP contribution in [-0.4, -0.2) is 86.7 Å². The Morgan fingerprint density at radius 1 is 0.455 bits per heavy atom. The van der Waals surface area contributed by atoms with E-state index in [-0.39, 0.29) is 33.7 Å². The normalized spacial score (nSPS) is 10.9.